The number of nitrogens with zero attached hydrogens (tertiary/aromatic N) is 2. The lowest BCUT2D eigenvalue weighted by Gasteiger charge is -2.37. The molecule has 0 unspecified atom stereocenters. The molecule has 2 saturated heterocycles. The summed E-state index contributed by atoms with van der Waals surface area (Å²) in [6.07, 6.45) is 1.63. The summed E-state index contributed by atoms with van der Waals surface area (Å²) in [5.41, 5.74) is 8.18. The summed E-state index contributed by atoms with van der Waals surface area (Å²) in [5, 5.41) is 12.7. The van der Waals surface area contributed by atoms with Crippen LogP contribution in [-0.4, -0.2) is 75.1 Å². The number of hydrogen-bond acceptors (Lipinski definition) is 7. The van der Waals surface area contributed by atoms with Gasteiger partial charge in [-0.3, -0.25) is 9.59 Å². The highest BCUT2D eigenvalue weighted by atomic mass is 35.5. The van der Waals surface area contributed by atoms with Crippen LogP contribution in [0.2, 0.25) is 10.0 Å². The summed E-state index contributed by atoms with van der Waals surface area (Å²) in [4.78, 5) is 29.0. The smallest absolute Gasteiger partial charge is 0.256 e. The van der Waals surface area contributed by atoms with Gasteiger partial charge in [-0.2, -0.15) is 0 Å². The third kappa shape index (κ3) is 5.49. The van der Waals surface area contributed by atoms with Gasteiger partial charge in [-0.25, -0.2) is 12.8 Å². The number of halogens is 3. The van der Waals surface area contributed by atoms with Crippen molar-refractivity contribution >= 4 is 61.9 Å². The second kappa shape index (κ2) is 11.2. The van der Waals surface area contributed by atoms with Gasteiger partial charge >= 0.3 is 0 Å². The van der Waals surface area contributed by atoms with Crippen molar-refractivity contribution in [3.63, 3.8) is 0 Å². The Kier molecular flexibility index (Phi) is 8.06. The Morgan fingerprint density at radius 1 is 1.10 bits per heavy atom. The lowest BCUT2D eigenvalue weighted by atomic mass is 9.88. The molecule has 224 valence electrons. The van der Waals surface area contributed by atoms with E-state index in [2.05, 4.69) is 5.32 Å². The predicted molar refractivity (Wildman–Crippen MR) is 163 cm³/mol. The Labute approximate surface area is 254 Å². The van der Waals surface area contributed by atoms with Crippen LogP contribution < -0.4 is 16.0 Å². The largest absolute Gasteiger partial charge is 0.387 e. The molecule has 1 aliphatic carbocycles. The zero-order valence-corrected chi connectivity index (χ0v) is 25.6. The molecule has 3 fully saturated rings. The highest BCUT2D eigenvalue weighted by molar-refractivity contribution is 7.91. The molecule has 0 radical (unpaired) electrons. The number of nitrogens with two attached hydrogens (primary N) is 1. The second-order valence-electron chi connectivity index (χ2n) is 11.0. The summed E-state index contributed by atoms with van der Waals surface area (Å²) < 4.78 is 38.5. The molecule has 2 heterocycles. The van der Waals surface area contributed by atoms with Crippen LogP contribution >= 0.6 is 23.2 Å². The van der Waals surface area contributed by atoms with Crippen molar-refractivity contribution in [2.75, 3.05) is 43.1 Å². The number of amides is 2. The quantitative estimate of drug-likeness (QED) is 0.442. The number of piperidine rings is 1. The monoisotopic (exact) mass is 635 g/mol. The minimum Gasteiger partial charge on any atom is -0.387 e. The molecule has 4 N–H and O–H groups in total. The maximum Gasteiger partial charge on any atom is 0.256 e. The molecular weight excluding hydrogens is 604 g/mol. The van der Waals surface area contributed by atoms with Crippen molar-refractivity contribution in [1.82, 2.24) is 10.2 Å². The SMILES string of the molecule is CN/C(=C1/CCN(C(=O)c2cc(F)cc(N3CCS(=O)(=O)CC3)c2Cl)[C@@H](C)C1=N)c1cc(Cl)cc(C2(C(N)=O)CC2)c1. The van der Waals surface area contributed by atoms with E-state index in [9.17, 15) is 22.4 Å². The lowest BCUT2D eigenvalue weighted by Crippen LogP contribution is -2.48. The first-order valence-corrected chi connectivity index (χ1v) is 16.2. The first kappa shape index (κ1) is 30.3. The number of benzene rings is 2. The number of nitrogens with one attached hydrogen (secondary N) is 2. The van der Waals surface area contributed by atoms with Gasteiger partial charge in [0.05, 0.1) is 44.9 Å². The molecule has 42 heavy (non-hydrogen) atoms. The van der Waals surface area contributed by atoms with Crippen LogP contribution in [0.1, 0.15) is 47.7 Å². The van der Waals surface area contributed by atoms with Gasteiger partial charge in [0.15, 0.2) is 9.84 Å². The van der Waals surface area contributed by atoms with Crippen LogP contribution in [0.25, 0.3) is 5.70 Å². The molecule has 0 bridgehead atoms. The zero-order chi connectivity index (χ0) is 30.6. The van der Waals surface area contributed by atoms with Gasteiger partial charge in [0.1, 0.15) is 5.82 Å². The van der Waals surface area contributed by atoms with Gasteiger partial charge in [0, 0.05) is 43.0 Å². The fourth-order valence-electron chi connectivity index (χ4n) is 5.86. The maximum absolute atomic E-state index is 14.7. The van der Waals surface area contributed by atoms with Crippen LogP contribution in [0.5, 0.6) is 0 Å². The number of sulfone groups is 1. The van der Waals surface area contributed by atoms with E-state index in [1.165, 1.54) is 11.0 Å². The summed E-state index contributed by atoms with van der Waals surface area (Å²) in [7, 11) is -1.43. The fourth-order valence-corrected chi connectivity index (χ4v) is 7.60. The van der Waals surface area contributed by atoms with Gasteiger partial charge in [0.25, 0.3) is 5.91 Å². The van der Waals surface area contributed by atoms with E-state index < -0.39 is 38.9 Å². The van der Waals surface area contributed by atoms with Crippen LogP contribution in [0.15, 0.2) is 35.9 Å². The van der Waals surface area contributed by atoms with Crippen molar-refractivity contribution in [2.24, 2.45) is 5.73 Å². The first-order chi connectivity index (χ1) is 19.8. The fraction of sp³-hybridized carbons (Fsp3) is 0.414. The molecule has 5 rings (SSSR count). The van der Waals surface area contributed by atoms with Crippen molar-refractivity contribution in [2.45, 2.75) is 37.6 Å². The summed E-state index contributed by atoms with van der Waals surface area (Å²) in [6, 6.07) is 7.01. The van der Waals surface area contributed by atoms with Gasteiger partial charge in [-0.1, -0.05) is 23.2 Å². The first-order valence-electron chi connectivity index (χ1n) is 13.6. The Morgan fingerprint density at radius 2 is 1.76 bits per heavy atom. The van der Waals surface area contributed by atoms with E-state index in [-0.39, 0.29) is 53.1 Å². The molecule has 0 aromatic heterocycles. The highest BCUT2D eigenvalue weighted by Crippen LogP contribution is 2.49. The predicted octanol–water partition coefficient (Wildman–Crippen LogP) is 3.77. The normalized spacial score (nSPS) is 22.5. The van der Waals surface area contributed by atoms with E-state index in [1.807, 2.05) is 6.07 Å². The van der Waals surface area contributed by atoms with Gasteiger partial charge in [-0.15, -0.1) is 0 Å². The lowest BCUT2D eigenvalue weighted by molar-refractivity contribution is -0.120. The Bertz CT molecular complexity index is 1630. The highest BCUT2D eigenvalue weighted by Gasteiger charge is 2.50. The molecule has 1 atom stereocenters. The number of hydrogen-bond donors (Lipinski definition) is 3. The Morgan fingerprint density at radius 3 is 2.36 bits per heavy atom. The zero-order valence-electron chi connectivity index (χ0n) is 23.3. The average molecular weight is 637 g/mol. The minimum absolute atomic E-state index is 0.0401. The second-order valence-corrected chi connectivity index (χ2v) is 14.2. The summed E-state index contributed by atoms with van der Waals surface area (Å²) in [5.74, 6) is -1.74. The topological polar surface area (TPSA) is 137 Å². The van der Waals surface area contributed by atoms with E-state index in [0.717, 1.165) is 11.6 Å². The number of anilines is 1. The van der Waals surface area contributed by atoms with Crippen LogP contribution in [0, 0.1) is 11.2 Å². The van der Waals surface area contributed by atoms with E-state index in [0.29, 0.717) is 41.1 Å². The molecule has 13 heteroatoms. The van der Waals surface area contributed by atoms with Crippen molar-refractivity contribution in [1.29, 1.82) is 5.41 Å². The van der Waals surface area contributed by atoms with Gasteiger partial charge in [-0.05, 0) is 67.6 Å². The molecule has 2 aromatic carbocycles. The number of likely N-dealkylation sites (tertiary alicyclic amines) is 1. The number of primary amides is 1. The average Bonchev–Trinajstić information content (AvgIpc) is 3.75. The number of rotatable bonds is 6. The van der Waals surface area contributed by atoms with Gasteiger partial charge in [0.2, 0.25) is 5.91 Å². The van der Waals surface area contributed by atoms with Crippen LogP contribution in [0.4, 0.5) is 10.1 Å². The summed E-state index contributed by atoms with van der Waals surface area (Å²) >= 11 is 13.1. The molecule has 2 aromatic rings. The van der Waals surface area contributed by atoms with E-state index in [1.54, 1.807) is 31.0 Å². The van der Waals surface area contributed by atoms with Crippen molar-refractivity contribution in [3.05, 3.63) is 68.5 Å². The molecule has 0 spiro atoms. The number of carbonyl (C=O) groups excluding carboxylic acids is 2. The standard InChI is InChI=1S/C29H32Cl2FN5O4S/c1-16-25(33)21(26(35-2)17-11-18(13-19(30)12-17)29(4-5-29)28(34)39)3-6-37(16)27(38)22-14-20(32)15-23(24(22)31)36-7-9-42(40,41)10-8-36/h11-16,33,35H,3-10H2,1-2H3,(H2,34,39)/b26-21-,33-25?/t16-/m0/s1. The molecule has 9 nitrogen and oxygen atoms in total. The van der Waals surface area contributed by atoms with Crippen LogP contribution in [-0.2, 0) is 20.0 Å². The summed E-state index contributed by atoms with van der Waals surface area (Å²) in [6.45, 7) is 2.27. The molecule has 3 aliphatic rings. The maximum atomic E-state index is 14.7. The van der Waals surface area contributed by atoms with E-state index >= 15 is 0 Å². The van der Waals surface area contributed by atoms with Crippen LogP contribution in [0.3, 0.4) is 0 Å². The Hall–Kier alpha value is -3.15. The molecule has 2 amide bonds. The van der Waals surface area contributed by atoms with Crippen molar-refractivity contribution in [3.8, 4) is 0 Å². The third-order valence-corrected chi connectivity index (χ3v) is 10.7. The molecule has 1 saturated carbocycles. The third-order valence-electron chi connectivity index (χ3n) is 8.52. The molecule has 2 aliphatic heterocycles. The molecular formula is C29H32Cl2FN5O4S. The van der Waals surface area contributed by atoms with Crippen molar-refractivity contribution < 1.29 is 22.4 Å². The number of carbonyl (C=O) groups is 2. The van der Waals surface area contributed by atoms with E-state index in [4.69, 9.17) is 34.3 Å². The Balaban J connectivity index is 1.43. The minimum atomic E-state index is -3.17. The van der Waals surface area contributed by atoms with Gasteiger partial charge < -0.3 is 26.3 Å².